The predicted molar refractivity (Wildman–Crippen MR) is 55.5 cm³/mol. The lowest BCUT2D eigenvalue weighted by atomic mass is 9.91. The summed E-state index contributed by atoms with van der Waals surface area (Å²) in [7, 11) is -2.73. The fraction of sp³-hybridized carbons (Fsp3) is 1.00. The highest BCUT2D eigenvalue weighted by Crippen LogP contribution is 2.25. The molecule has 0 aliphatic heterocycles. The number of sulfone groups is 1. The Balaban J connectivity index is 2.37. The maximum atomic E-state index is 11.5. The van der Waals surface area contributed by atoms with Crippen molar-refractivity contribution in [3.05, 3.63) is 0 Å². The second-order valence-corrected chi connectivity index (χ2v) is 6.35. The molecule has 0 amide bonds. The van der Waals surface area contributed by atoms with Crippen LogP contribution in [0.2, 0.25) is 0 Å². The van der Waals surface area contributed by atoms with Crippen molar-refractivity contribution in [1.82, 2.24) is 0 Å². The summed E-state index contributed by atoms with van der Waals surface area (Å²) in [5, 5.41) is 0. The van der Waals surface area contributed by atoms with Crippen LogP contribution in [-0.2, 0) is 9.84 Å². The lowest BCUT2D eigenvalue weighted by Gasteiger charge is -2.20. The van der Waals surface area contributed by atoms with Gasteiger partial charge >= 0.3 is 0 Å². The molecule has 1 fully saturated rings. The first-order chi connectivity index (χ1) is 6.14. The average molecular weight is 204 g/mol. The van der Waals surface area contributed by atoms with Gasteiger partial charge in [0.25, 0.3) is 0 Å². The van der Waals surface area contributed by atoms with E-state index in [-0.39, 0.29) is 0 Å². The van der Waals surface area contributed by atoms with Crippen LogP contribution in [0.4, 0.5) is 0 Å². The predicted octanol–water partition coefficient (Wildman–Crippen LogP) is 2.39. The highest BCUT2D eigenvalue weighted by atomic mass is 32.2. The molecule has 0 spiro atoms. The fourth-order valence-electron chi connectivity index (χ4n) is 2.11. The average Bonchev–Trinajstić information content (AvgIpc) is 2.04. The SMILES string of the molecule is CCCS(=O)(=O)CC1CCCCC1. The van der Waals surface area contributed by atoms with Crippen molar-refractivity contribution >= 4 is 9.84 Å². The minimum atomic E-state index is -2.73. The van der Waals surface area contributed by atoms with Gasteiger partial charge in [-0.15, -0.1) is 0 Å². The smallest absolute Gasteiger partial charge is 0.150 e. The van der Waals surface area contributed by atoms with Crippen LogP contribution >= 0.6 is 0 Å². The Morgan fingerprint density at radius 2 is 1.77 bits per heavy atom. The first-order valence-electron chi connectivity index (χ1n) is 5.34. The molecule has 0 unspecified atom stereocenters. The van der Waals surface area contributed by atoms with Gasteiger partial charge in [-0.05, 0) is 25.2 Å². The van der Waals surface area contributed by atoms with E-state index in [1.807, 2.05) is 6.92 Å². The van der Waals surface area contributed by atoms with E-state index in [0.717, 1.165) is 19.3 Å². The van der Waals surface area contributed by atoms with E-state index in [4.69, 9.17) is 0 Å². The zero-order valence-corrected chi connectivity index (χ0v) is 9.28. The van der Waals surface area contributed by atoms with Crippen LogP contribution in [0.3, 0.4) is 0 Å². The highest BCUT2D eigenvalue weighted by molar-refractivity contribution is 7.91. The number of hydrogen-bond acceptors (Lipinski definition) is 2. The molecule has 1 aliphatic rings. The van der Waals surface area contributed by atoms with Crippen LogP contribution in [0.1, 0.15) is 45.4 Å². The summed E-state index contributed by atoms with van der Waals surface area (Å²) >= 11 is 0. The molecule has 0 aromatic rings. The molecule has 3 heteroatoms. The maximum absolute atomic E-state index is 11.5. The lowest BCUT2D eigenvalue weighted by molar-refractivity contribution is 0.385. The van der Waals surface area contributed by atoms with Gasteiger partial charge in [-0.1, -0.05) is 26.2 Å². The van der Waals surface area contributed by atoms with Crippen molar-refractivity contribution in [1.29, 1.82) is 0 Å². The Morgan fingerprint density at radius 1 is 1.15 bits per heavy atom. The summed E-state index contributed by atoms with van der Waals surface area (Å²) in [5.41, 5.74) is 0. The number of hydrogen-bond donors (Lipinski definition) is 0. The molecule has 2 nitrogen and oxygen atoms in total. The van der Waals surface area contributed by atoms with Gasteiger partial charge in [0.05, 0.1) is 5.75 Å². The second kappa shape index (κ2) is 4.99. The topological polar surface area (TPSA) is 34.1 Å². The van der Waals surface area contributed by atoms with Crippen LogP contribution in [-0.4, -0.2) is 19.9 Å². The standard InChI is InChI=1S/C10H20O2S/c1-2-8-13(11,12)9-10-6-4-3-5-7-10/h10H,2-9H2,1H3. The lowest BCUT2D eigenvalue weighted by Crippen LogP contribution is -2.20. The summed E-state index contributed by atoms with van der Waals surface area (Å²) < 4.78 is 23.0. The Morgan fingerprint density at radius 3 is 2.31 bits per heavy atom. The third kappa shape index (κ3) is 4.12. The molecule has 0 aromatic carbocycles. The fourth-order valence-corrected chi connectivity index (χ4v) is 3.95. The summed E-state index contributed by atoms with van der Waals surface area (Å²) in [6.45, 7) is 1.93. The third-order valence-corrected chi connectivity index (χ3v) is 4.74. The molecule has 78 valence electrons. The van der Waals surface area contributed by atoms with E-state index in [1.165, 1.54) is 19.3 Å². The van der Waals surface area contributed by atoms with E-state index in [2.05, 4.69) is 0 Å². The van der Waals surface area contributed by atoms with Gasteiger partial charge < -0.3 is 0 Å². The van der Waals surface area contributed by atoms with Gasteiger partial charge in [0.15, 0.2) is 9.84 Å². The molecule has 0 N–H and O–H groups in total. The van der Waals surface area contributed by atoms with Crippen molar-refractivity contribution in [3.63, 3.8) is 0 Å². The van der Waals surface area contributed by atoms with E-state index < -0.39 is 9.84 Å². The van der Waals surface area contributed by atoms with Crippen LogP contribution in [0, 0.1) is 5.92 Å². The number of rotatable bonds is 4. The van der Waals surface area contributed by atoms with Gasteiger partial charge in [-0.3, -0.25) is 0 Å². The van der Waals surface area contributed by atoms with Crippen molar-refractivity contribution in [3.8, 4) is 0 Å². The minimum Gasteiger partial charge on any atom is -0.229 e. The summed E-state index contributed by atoms with van der Waals surface area (Å²) in [4.78, 5) is 0. The van der Waals surface area contributed by atoms with Gasteiger partial charge in [-0.25, -0.2) is 8.42 Å². The Bertz CT molecular complexity index is 225. The van der Waals surface area contributed by atoms with Crippen LogP contribution in [0.5, 0.6) is 0 Å². The summed E-state index contributed by atoms with van der Waals surface area (Å²) in [6, 6.07) is 0. The molecule has 13 heavy (non-hydrogen) atoms. The monoisotopic (exact) mass is 204 g/mol. The summed E-state index contributed by atoms with van der Waals surface area (Å²) in [5.74, 6) is 1.29. The quantitative estimate of drug-likeness (QED) is 0.704. The Kier molecular flexibility index (Phi) is 4.23. The third-order valence-electron chi connectivity index (χ3n) is 2.73. The second-order valence-electron chi connectivity index (χ2n) is 4.12. The Labute approximate surface area is 81.6 Å². The molecular formula is C10H20O2S. The first kappa shape index (κ1) is 11.0. The molecular weight excluding hydrogens is 184 g/mol. The summed E-state index contributed by atoms with van der Waals surface area (Å²) in [6.07, 6.45) is 6.77. The van der Waals surface area contributed by atoms with Crippen molar-refractivity contribution < 1.29 is 8.42 Å². The highest BCUT2D eigenvalue weighted by Gasteiger charge is 2.20. The van der Waals surface area contributed by atoms with Gasteiger partial charge in [0.1, 0.15) is 0 Å². The van der Waals surface area contributed by atoms with Crippen molar-refractivity contribution in [2.75, 3.05) is 11.5 Å². The molecule has 0 atom stereocenters. The minimum absolute atomic E-state index is 0.378. The van der Waals surface area contributed by atoms with Crippen LogP contribution in [0.25, 0.3) is 0 Å². The molecule has 0 aromatic heterocycles. The molecule has 0 heterocycles. The van der Waals surface area contributed by atoms with Crippen LogP contribution in [0.15, 0.2) is 0 Å². The molecule has 0 radical (unpaired) electrons. The van der Waals surface area contributed by atoms with Crippen molar-refractivity contribution in [2.45, 2.75) is 45.4 Å². The van der Waals surface area contributed by atoms with Gasteiger partial charge in [0, 0.05) is 5.75 Å². The van der Waals surface area contributed by atoms with Crippen molar-refractivity contribution in [2.24, 2.45) is 5.92 Å². The van der Waals surface area contributed by atoms with E-state index in [9.17, 15) is 8.42 Å². The molecule has 1 saturated carbocycles. The molecule has 1 rings (SSSR count). The molecule has 0 bridgehead atoms. The molecule has 0 saturated heterocycles. The van der Waals surface area contributed by atoms with Gasteiger partial charge in [-0.2, -0.15) is 0 Å². The largest absolute Gasteiger partial charge is 0.229 e. The normalized spacial score (nSPS) is 20.4. The first-order valence-corrected chi connectivity index (χ1v) is 7.16. The van der Waals surface area contributed by atoms with Crippen LogP contribution < -0.4 is 0 Å². The van der Waals surface area contributed by atoms with Gasteiger partial charge in [0.2, 0.25) is 0 Å². The van der Waals surface area contributed by atoms with E-state index >= 15 is 0 Å². The zero-order valence-electron chi connectivity index (χ0n) is 8.46. The zero-order chi connectivity index (χ0) is 9.73. The van der Waals surface area contributed by atoms with E-state index in [1.54, 1.807) is 0 Å². The van der Waals surface area contributed by atoms with E-state index in [0.29, 0.717) is 17.4 Å². The Hall–Kier alpha value is -0.0500. The molecule has 1 aliphatic carbocycles. The maximum Gasteiger partial charge on any atom is 0.150 e.